The largest absolute Gasteiger partial charge is 0.507 e. The van der Waals surface area contributed by atoms with Crippen molar-refractivity contribution in [3.05, 3.63) is 28.8 Å². The Morgan fingerprint density at radius 1 is 1.60 bits per heavy atom. The molecule has 5 heteroatoms. The lowest BCUT2D eigenvalue weighted by molar-refractivity contribution is 0.0796. The van der Waals surface area contributed by atoms with E-state index in [1.807, 2.05) is 0 Å². The number of nitrogens with zero attached hydrogens (tertiary/aromatic N) is 1. The fraction of sp³-hybridized carbons (Fsp3) is 0.300. The van der Waals surface area contributed by atoms with Crippen LogP contribution in [0.2, 0.25) is 5.02 Å². The van der Waals surface area contributed by atoms with Gasteiger partial charge in [0.05, 0.1) is 5.56 Å². The number of aromatic hydroxyl groups is 1. The second kappa shape index (κ2) is 5.00. The molecule has 0 aliphatic heterocycles. The van der Waals surface area contributed by atoms with E-state index in [0.29, 0.717) is 18.1 Å². The van der Waals surface area contributed by atoms with E-state index in [-0.39, 0.29) is 17.2 Å². The summed E-state index contributed by atoms with van der Waals surface area (Å²) in [5.74, 6) is -0.367. The van der Waals surface area contributed by atoms with Gasteiger partial charge in [0.15, 0.2) is 0 Å². The van der Waals surface area contributed by atoms with E-state index in [4.69, 9.17) is 17.3 Å². The number of carbonyl (C=O) groups excluding carboxylic acids is 1. The van der Waals surface area contributed by atoms with E-state index in [0.717, 1.165) is 0 Å². The molecule has 0 saturated heterocycles. The van der Waals surface area contributed by atoms with E-state index < -0.39 is 0 Å². The number of halogens is 1. The average molecular weight is 229 g/mol. The predicted molar refractivity (Wildman–Crippen MR) is 59.1 cm³/mol. The Kier molecular flexibility index (Phi) is 3.94. The molecular weight excluding hydrogens is 216 g/mol. The monoisotopic (exact) mass is 228 g/mol. The molecule has 1 aromatic carbocycles. The number of hydrogen-bond donors (Lipinski definition) is 2. The zero-order valence-corrected chi connectivity index (χ0v) is 9.16. The first-order valence-electron chi connectivity index (χ1n) is 4.50. The van der Waals surface area contributed by atoms with Gasteiger partial charge in [0.1, 0.15) is 5.75 Å². The van der Waals surface area contributed by atoms with Crippen LogP contribution in [0.3, 0.4) is 0 Å². The molecule has 0 bridgehead atoms. The van der Waals surface area contributed by atoms with Crippen molar-refractivity contribution in [1.82, 2.24) is 4.90 Å². The minimum atomic E-state index is -0.291. The Morgan fingerprint density at radius 3 is 2.87 bits per heavy atom. The summed E-state index contributed by atoms with van der Waals surface area (Å²) in [6.07, 6.45) is 0. The first kappa shape index (κ1) is 11.8. The van der Waals surface area contributed by atoms with Gasteiger partial charge in [0.25, 0.3) is 5.91 Å². The Bertz CT molecular complexity index is 368. The van der Waals surface area contributed by atoms with Crippen molar-refractivity contribution in [3.8, 4) is 5.75 Å². The van der Waals surface area contributed by atoms with Gasteiger partial charge in [-0.2, -0.15) is 0 Å². The van der Waals surface area contributed by atoms with Crippen LogP contribution in [0.1, 0.15) is 10.4 Å². The molecule has 1 amide bonds. The van der Waals surface area contributed by atoms with Gasteiger partial charge >= 0.3 is 0 Å². The molecule has 0 saturated carbocycles. The zero-order valence-electron chi connectivity index (χ0n) is 8.40. The molecule has 1 aromatic rings. The molecule has 0 unspecified atom stereocenters. The molecular formula is C10H13ClN2O2. The van der Waals surface area contributed by atoms with Crippen molar-refractivity contribution < 1.29 is 9.90 Å². The second-order valence-corrected chi connectivity index (χ2v) is 3.61. The number of amides is 1. The van der Waals surface area contributed by atoms with Crippen LogP contribution in [0.5, 0.6) is 5.75 Å². The van der Waals surface area contributed by atoms with Crippen molar-refractivity contribution in [2.24, 2.45) is 5.73 Å². The Balaban J connectivity index is 2.95. The maximum absolute atomic E-state index is 11.8. The molecule has 0 atom stereocenters. The van der Waals surface area contributed by atoms with Crippen molar-refractivity contribution in [2.75, 3.05) is 20.1 Å². The fourth-order valence-corrected chi connectivity index (χ4v) is 1.35. The van der Waals surface area contributed by atoms with Crippen LogP contribution >= 0.6 is 11.6 Å². The normalized spacial score (nSPS) is 10.1. The van der Waals surface area contributed by atoms with Gasteiger partial charge in [-0.15, -0.1) is 0 Å². The molecule has 0 fully saturated rings. The molecule has 0 radical (unpaired) electrons. The summed E-state index contributed by atoms with van der Waals surface area (Å²) in [5, 5.41) is 9.90. The van der Waals surface area contributed by atoms with Gasteiger partial charge in [0, 0.05) is 25.2 Å². The predicted octanol–water partition coefficient (Wildman–Crippen LogP) is 1.08. The molecule has 0 spiro atoms. The maximum Gasteiger partial charge on any atom is 0.257 e. The lowest BCUT2D eigenvalue weighted by atomic mass is 10.2. The van der Waals surface area contributed by atoms with Gasteiger partial charge in [-0.25, -0.2) is 0 Å². The fourth-order valence-electron chi connectivity index (χ4n) is 1.18. The highest BCUT2D eigenvalue weighted by Gasteiger charge is 2.15. The van der Waals surface area contributed by atoms with Crippen LogP contribution in [0.4, 0.5) is 0 Å². The summed E-state index contributed by atoms with van der Waals surface area (Å²) in [6.45, 7) is 0.814. The standard InChI is InChI=1S/C10H13ClN2O2/c1-13(5-4-12)10(15)8-6-7(11)2-3-9(8)14/h2-3,6,14H,4-5,12H2,1H3. The van der Waals surface area contributed by atoms with E-state index in [1.165, 1.54) is 23.1 Å². The highest BCUT2D eigenvalue weighted by atomic mass is 35.5. The van der Waals surface area contributed by atoms with Gasteiger partial charge in [-0.1, -0.05) is 11.6 Å². The Labute approximate surface area is 93.2 Å². The SMILES string of the molecule is CN(CCN)C(=O)c1cc(Cl)ccc1O. The summed E-state index contributed by atoms with van der Waals surface area (Å²) in [4.78, 5) is 13.2. The molecule has 15 heavy (non-hydrogen) atoms. The molecule has 0 aliphatic carbocycles. The number of likely N-dealkylation sites (N-methyl/N-ethyl adjacent to an activating group) is 1. The summed E-state index contributed by atoms with van der Waals surface area (Å²) in [5.41, 5.74) is 5.52. The van der Waals surface area contributed by atoms with Crippen molar-refractivity contribution in [3.63, 3.8) is 0 Å². The van der Waals surface area contributed by atoms with Crippen molar-refractivity contribution >= 4 is 17.5 Å². The second-order valence-electron chi connectivity index (χ2n) is 3.18. The van der Waals surface area contributed by atoms with Crippen LogP contribution < -0.4 is 5.73 Å². The quantitative estimate of drug-likeness (QED) is 0.814. The third kappa shape index (κ3) is 2.84. The van der Waals surface area contributed by atoms with Crippen LogP contribution in [0, 0.1) is 0 Å². The molecule has 0 heterocycles. The molecule has 0 aliphatic rings. The number of hydrogen-bond acceptors (Lipinski definition) is 3. The van der Waals surface area contributed by atoms with E-state index in [2.05, 4.69) is 0 Å². The molecule has 4 nitrogen and oxygen atoms in total. The Morgan fingerprint density at radius 2 is 2.27 bits per heavy atom. The maximum atomic E-state index is 11.8. The smallest absolute Gasteiger partial charge is 0.257 e. The number of phenolic OH excluding ortho intramolecular Hbond substituents is 1. The summed E-state index contributed by atoms with van der Waals surface area (Å²) < 4.78 is 0. The van der Waals surface area contributed by atoms with E-state index in [1.54, 1.807) is 7.05 Å². The third-order valence-corrected chi connectivity index (χ3v) is 2.24. The highest BCUT2D eigenvalue weighted by molar-refractivity contribution is 6.31. The molecule has 82 valence electrons. The van der Waals surface area contributed by atoms with Gasteiger partial charge in [-0.05, 0) is 18.2 Å². The van der Waals surface area contributed by atoms with Gasteiger partial charge in [0.2, 0.25) is 0 Å². The molecule has 1 rings (SSSR count). The lowest BCUT2D eigenvalue weighted by Crippen LogP contribution is -2.31. The summed E-state index contributed by atoms with van der Waals surface area (Å²) in [6, 6.07) is 4.36. The van der Waals surface area contributed by atoms with Gasteiger partial charge in [-0.3, -0.25) is 4.79 Å². The first-order chi connectivity index (χ1) is 7.06. The van der Waals surface area contributed by atoms with Crippen molar-refractivity contribution in [2.45, 2.75) is 0 Å². The van der Waals surface area contributed by atoms with Crippen LogP contribution in [0.25, 0.3) is 0 Å². The number of phenols is 1. The summed E-state index contributed by atoms with van der Waals surface area (Å²) >= 11 is 5.74. The number of benzene rings is 1. The number of carbonyl (C=O) groups is 1. The topological polar surface area (TPSA) is 66.6 Å². The van der Waals surface area contributed by atoms with Gasteiger partial charge < -0.3 is 15.7 Å². The molecule has 0 aromatic heterocycles. The summed E-state index contributed by atoms with van der Waals surface area (Å²) in [7, 11) is 1.62. The number of nitrogens with two attached hydrogens (primary N) is 1. The van der Waals surface area contributed by atoms with Crippen LogP contribution in [-0.2, 0) is 0 Å². The van der Waals surface area contributed by atoms with Crippen molar-refractivity contribution in [1.29, 1.82) is 0 Å². The van der Waals surface area contributed by atoms with E-state index >= 15 is 0 Å². The Hall–Kier alpha value is -1.26. The zero-order chi connectivity index (χ0) is 11.4. The van der Waals surface area contributed by atoms with Crippen LogP contribution in [0.15, 0.2) is 18.2 Å². The van der Waals surface area contributed by atoms with E-state index in [9.17, 15) is 9.90 Å². The average Bonchev–Trinajstić information content (AvgIpc) is 2.21. The highest BCUT2D eigenvalue weighted by Crippen LogP contribution is 2.22. The molecule has 3 N–H and O–H groups in total. The number of rotatable bonds is 3. The van der Waals surface area contributed by atoms with Crippen LogP contribution in [-0.4, -0.2) is 36.1 Å². The minimum absolute atomic E-state index is 0.0757. The first-order valence-corrected chi connectivity index (χ1v) is 4.88. The minimum Gasteiger partial charge on any atom is -0.507 e. The third-order valence-electron chi connectivity index (χ3n) is 2.00. The lowest BCUT2D eigenvalue weighted by Gasteiger charge is -2.16.